The van der Waals surface area contributed by atoms with Crippen molar-refractivity contribution in [1.29, 1.82) is 0 Å². The quantitative estimate of drug-likeness (QED) is 0.387. The Labute approximate surface area is 192 Å². The minimum Gasteiger partial charge on any atom is -0.393 e. The zero-order valence-corrected chi connectivity index (χ0v) is 21.9. The first-order chi connectivity index (χ1) is 14.2. The maximum Gasteiger partial charge on any atom is 0.0594 e. The lowest BCUT2D eigenvalue weighted by Gasteiger charge is -2.73. The summed E-state index contributed by atoms with van der Waals surface area (Å²) in [6.07, 6.45) is 15.8. The Hall–Kier alpha value is -0.300. The predicted octanol–water partition coefficient (Wildman–Crippen LogP) is 8.17. The molecule has 0 spiro atoms. The van der Waals surface area contributed by atoms with Crippen molar-refractivity contribution in [2.75, 3.05) is 0 Å². The third kappa shape index (κ3) is 2.71. The molecule has 5 rings (SSSR count). The maximum absolute atomic E-state index is 10.9. The number of rotatable bonds is 0. The number of hydrogen-bond donors (Lipinski definition) is 1. The van der Waals surface area contributed by atoms with E-state index in [2.05, 4.69) is 61.5 Å². The highest BCUT2D eigenvalue weighted by Gasteiger charge is 2.69. The summed E-state index contributed by atoms with van der Waals surface area (Å²) >= 11 is 0. The van der Waals surface area contributed by atoms with E-state index < -0.39 is 0 Å². The number of aliphatic hydroxyl groups is 1. The fourth-order valence-electron chi connectivity index (χ4n) is 10.9. The highest BCUT2D eigenvalue weighted by atomic mass is 16.3. The lowest BCUT2D eigenvalue weighted by molar-refractivity contribution is -0.237. The lowest BCUT2D eigenvalue weighted by atomic mass is 9.32. The average molecular weight is 427 g/mol. The van der Waals surface area contributed by atoms with E-state index in [-0.39, 0.29) is 11.5 Å². The first-order valence-electron chi connectivity index (χ1n) is 13.6. The third-order valence-electron chi connectivity index (χ3n) is 13.1. The summed E-state index contributed by atoms with van der Waals surface area (Å²) in [7, 11) is 0. The molecule has 4 fully saturated rings. The Morgan fingerprint density at radius 3 is 2.10 bits per heavy atom. The third-order valence-corrected chi connectivity index (χ3v) is 13.1. The van der Waals surface area contributed by atoms with Crippen LogP contribution in [0.1, 0.15) is 120 Å². The summed E-state index contributed by atoms with van der Waals surface area (Å²) in [4.78, 5) is 0. The van der Waals surface area contributed by atoms with Crippen molar-refractivity contribution in [3.8, 4) is 0 Å². The Kier molecular flexibility index (Phi) is 4.66. The minimum absolute atomic E-state index is 0.0622. The number of hydrogen-bond acceptors (Lipinski definition) is 1. The van der Waals surface area contributed by atoms with Crippen molar-refractivity contribution >= 4 is 0 Å². The van der Waals surface area contributed by atoms with E-state index in [1.54, 1.807) is 0 Å². The van der Waals surface area contributed by atoms with Crippen LogP contribution in [0.2, 0.25) is 0 Å². The van der Waals surface area contributed by atoms with Crippen LogP contribution in [0.15, 0.2) is 11.6 Å². The van der Waals surface area contributed by atoms with Crippen LogP contribution in [0.25, 0.3) is 0 Å². The Bertz CT molecular complexity index is 790. The van der Waals surface area contributed by atoms with Crippen molar-refractivity contribution in [3.05, 3.63) is 11.6 Å². The van der Waals surface area contributed by atoms with E-state index >= 15 is 0 Å². The van der Waals surface area contributed by atoms with E-state index in [0.717, 1.165) is 18.3 Å². The van der Waals surface area contributed by atoms with Gasteiger partial charge in [0.05, 0.1) is 6.10 Å². The molecule has 0 heterocycles. The molecule has 176 valence electrons. The Morgan fingerprint density at radius 1 is 0.710 bits per heavy atom. The zero-order valence-electron chi connectivity index (χ0n) is 21.9. The summed E-state index contributed by atoms with van der Waals surface area (Å²) in [5.41, 5.74) is 4.03. The van der Waals surface area contributed by atoms with E-state index in [9.17, 15) is 5.11 Å². The summed E-state index contributed by atoms with van der Waals surface area (Å²) in [5, 5.41) is 10.9. The second kappa shape index (κ2) is 6.43. The van der Waals surface area contributed by atoms with Gasteiger partial charge in [0.15, 0.2) is 0 Å². The molecule has 5 aliphatic carbocycles. The fraction of sp³-hybridized carbons (Fsp3) is 0.933. The SMILES string of the molecule is CC1(C)CC[C@@]2(C)C(=CC[C@]3(C)[C@@H]2CC[C@@H]2[C@@]4(C)CC[C@H](O)C(C)(C)[C@@H]4CC[C@]23C)C1. The molecule has 0 radical (unpaired) electrons. The summed E-state index contributed by atoms with van der Waals surface area (Å²) in [6, 6.07) is 0. The van der Waals surface area contributed by atoms with Gasteiger partial charge < -0.3 is 5.11 Å². The maximum atomic E-state index is 10.9. The molecule has 31 heavy (non-hydrogen) atoms. The van der Waals surface area contributed by atoms with Crippen LogP contribution in [0, 0.1) is 50.2 Å². The fourth-order valence-corrected chi connectivity index (χ4v) is 10.9. The van der Waals surface area contributed by atoms with Crippen LogP contribution in [-0.2, 0) is 0 Å². The summed E-state index contributed by atoms with van der Waals surface area (Å²) < 4.78 is 0. The normalized spacial score (nSPS) is 55.2. The standard InChI is InChI=1S/C30H50O/c1-25(2)17-18-27(5)20(19-25)11-15-29(7)22(27)9-10-23-28(6)14-13-24(31)26(3,4)21(28)12-16-30(23,29)8/h11,21-24,31H,9-10,12-19H2,1-8H3/t21-,22+,23+,24-,27-,28-,29+,30+/m0/s1. The van der Waals surface area contributed by atoms with Gasteiger partial charge in [0.25, 0.3) is 0 Å². The zero-order chi connectivity index (χ0) is 22.7. The topological polar surface area (TPSA) is 20.2 Å². The molecule has 5 aliphatic rings. The molecule has 1 N–H and O–H groups in total. The molecule has 0 aromatic carbocycles. The van der Waals surface area contributed by atoms with Crippen LogP contribution >= 0.6 is 0 Å². The van der Waals surface area contributed by atoms with Gasteiger partial charge in [0.1, 0.15) is 0 Å². The molecular weight excluding hydrogens is 376 g/mol. The van der Waals surface area contributed by atoms with Crippen molar-refractivity contribution in [3.63, 3.8) is 0 Å². The molecule has 4 saturated carbocycles. The highest BCUT2D eigenvalue weighted by molar-refractivity contribution is 5.29. The van der Waals surface area contributed by atoms with E-state index in [1.165, 1.54) is 57.8 Å². The Morgan fingerprint density at radius 2 is 1.39 bits per heavy atom. The van der Waals surface area contributed by atoms with Gasteiger partial charge in [-0.1, -0.05) is 67.0 Å². The molecule has 1 heteroatoms. The molecule has 1 nitrogen and oxygen atoms in total. The minimum atomic E-state index is -0.119. The number of fused-ring (bicyclic) bond motifs is 7. The van der Waals surface area contributed by atoms with Gasteiger partial charge in [-0.2, -0.15) is 0 Å². The molecule has 0 aromatic heterocycles. The van der Waals surface area contributed by atoms with E-state index in [4.69, 9.17) is 0 Å². The van der Waals surface area contributed by atoms with Crippen LogP contribution in [0.3, 0.4) is 0 Å². The van der Waals surface area contributed by atoms with Crippen molar-refractivity contribution < 1.29 is 5.11 Å². The van der Waals surface area contributed by atoms with Gasteiger partial charge in [0, 0.05) is 0 Å². The molecular formula is C30H50O. The van der Waals surface area contributed by atoms with Gasteiger partial charge in [-0.15, -0.1) is 0 Å². The van der Waals surface area contributed by atoms with Crippen LogP contribution < -0.4 is 0 Å². The summed E-state index contributed by atoms with van der Waals surface area (Å²) in [5.74, 6) is 2.33. The average Bonchev–Trinajstić information content (AvgIpc) is 2.67. The van der Waals surface area contributed by atoms with Crippen LogP contribution in [0.5, 0.6) is 0 Å². The van der Waals surface area contributed by atoms with Gasteiger partial charge in [-0.3, -0.25) is 0 Å². The van der Waals surface area contributed by atoms with E-state index in [0.29, 0.717) is 33.0 Å². The first kappa shape index (κ1) is 22.5. The van der Waals surface area contributed by atoms with Gasteiger partial charge in [0.2, 0.25) is 0 Å². The molecule has 0 bridgehead atoms. The Balaban J connectivity index is 1.55. The predicted molar refractivity (Wildman–Crippen MR) is 131 cm³/mol. The van der Waals surface area contributed by atoms with Crippen molar-refractivity contribution in [2.45, 2.75) is 126 Å². The lowest BCUT2D eigenvalue weighted by Crippen LogP contribution is -2.66. The largest absolute Gasteiger partial charge is 0.393 e. The monoisotopic (exact) mass is 426 g/mol. The van der Waals surface area contributed by atoms with Crippen molar-refractivity contribution in [2.24, 2.45) is 50.2 Å². The molecule has 0 amide bonds. The first-order valence-corrected chi connectivity index (χ1v) is 13.6. The van der Waals surface area contributed by atoms with Crippen LogP contribution in [-0.4, -0.2) is 11.2 Å². The smallest absolute Gasteiger partial charge is 0.0594 e. The second-order valence-electron chi connectivity index (χ2n) is 15.2. The van der Waals surface area contributed by atoms with E-state index in [1.807, 2.05) is 5.57 Å². The number of allylic oxidation sites excluding steroid dienone is 2. The van der Waals surface area contributed by atoms with Gasteiger partial charge >= 0.3 is 0 Å². The van der Waals surface area contributed by atoms with Crippen LogP contribution in [0.4, 0.5) is 0 Å². The van der Waals surface area contributed by atoms with Gasteiger partial charge in [-0.25, -0.2) is 0 Å². The molecule has 0 unspecified atom stereocenters. The number of aliphatic hydroxyl groups excluding tert-OH is 1. The molecule has 0 aliphatic heterocycles. The van der Waals surface area contributed by atoms with Gasteiger partial charge in [-0.05, 0) is 114 Å². The highest BCUT2D eigenvalue weighted by Crippen LogP contribution is 2.76. The molecule has 0 aromatic rings. The summed E-state index contributed by atoms with van der Waals surface area (Å²) in [6.45, 7) is 20.5. The molecule has 0 saturated heterocycles. The van der Waals surface area contributed by atoms with Crippen molar-refractivity contribution in [1.82, 2.24) is 0 Å². The molecule has 8 atom stereocenters. The second-order valence-corrected chi connectivity index (χ2v) is 15.2.